The molecule has 0 aliphatic carbocycles. The number of halogens is 1. The molecular weight excluding hydrogens is 230 g/mol. The second-order valence-corrected chi connectivity index (χ2v) is 4.97. The molecule has 3 nitrogen and oxygen atoms in total. The van der Waals surface area contributed by atoms with Crippen LogP contribution in [0.2, 0.25) is 0 Å². The second kappa shape index (κ2) is 4.33. The van der Waals surface area contributed by atoms with Gasteiger partial charge in [-0.3, -0.25) is 0 Å². The molecule has 0 saturated carbocycles. The van der Waals surface area contributed by atoms with Gasteiger partial charge in [0.1, 0.15) is 0 Å². The number of aromatic nitrogens is 3. The lowest BCUT2D eigenvalue weighted by Gasteiger charge is -1.98. The smallest absolute Gasteiger partial charge is 0.0953 e. The summed E-state index contributed by atoms with van der Waals surface area (Å²) in [6.45, 7) is 4.90. The first-order chi connectivity index (χ1) is 7.19. The normalized spacial score (nSPS) is 10.9. The van der Waals surface area contributed by atoms with Crippen molar-refractivity contribution >= 4 is 22.9 Å². The molecule has 80 valence electrons. The van der Waals surface area contributed by atoms with Crippen LogP contribution >= 0.6 is 22.9 Å². The third kappa shape index (κ3) is 2.38. The van der Waals surface area contributed by atoms with Crippen LogP contribution in [0, 0.1) is 13.8 Å². The summed E-state index contributed by atoms with van der Waals surface area (Å²) in [5.41, 5.74) is 2.02. The zero-order valence-corrected chi connectivity index (χ0v) is 10.3. The Morgan fingerprint density at radius 2 is 2.27 bits per heavy atom. The van der Waals surface area contributed by atoms with Crippen molar-refractivity contribution in [3.63, 3.8) is 0 Å². The fourth-order valence-electron chi connectivity index (χ4n) is 1.45. The van der Waals surface area contributed by atoms with Gasteiger partial charge in [0.15, 0.2) is 0 Å². The van der Waals surface area contributed by atoms with E-state index in [-0.39, 0.29) is 0 Å². The Labute approximate surface area is 97.8 Å². The first-order valence-electron chi connectivity index (χ1n) is 4.68. The summed E-state index contributed by atoms with van der Waals surface area (Å²) in [5.74, 6) is 0.466. The van der Waals surface area contributed by atoms with E-state index in [0.29, 0.717) is 5.88 Å². The second-order valence-electron chi connectivity index (χ2n) is 3.41. The van der Waals surface area contributed by atoms with Gasteiger partial charge in [-0.25, -0.2) is 9.97 Å². The maximum Gasteiger partial charge on any atom is 0.0953 e. The van der Waals surface area contributed by atoms with Gasteiger partial charge in [-0.1, -0.05) is 0 Å². The van der Waals surface area contributed by atoms with E-state index in [1.54, 1.807) is 11.3 Å². The van der Waals surface area contributed by atoms with E-state index in [9.17, 15) is 0 Å². The molecule has 0 amide bonds. The standard InChI is InChI=1S/C10H12ClN3S/c1-7-10(15-8(2)13-7)5-14-4-9(3-11)12-6-14/h4,6H,3,5H2,1-2H3. The Kier molecular flexibility index (Phi) is 3.07. The van der Waals surface area contributed by atoms with Crippen LogP contribution in [0.1, 0.15) is 21.3 Å². The van der Waals surface area contributed by atoms with Crippen LogP contribution in [-0.2, 0) is 12.4 Å². The lowest BCUT2D eigenvalue weighted by Crippen LogP contribution is -1.95. The summed E-state index contributed by atoms with van der Waals surface area (Å²) in [6, 6.07) is 0. The number of thiazole rings is 1. The summed E-state index contributed by atoms with van der Waals surface area (Å²) in [5, 5.41) is 1.11. The van der Waals surface area contributed by atoms with Crippen LogP contribution in [0.15, 0.2) is 12.5 Å². The number of imidazole rings is 1. The van der Waals surface area contributed by atoms with Crippen LogP contribution in [0.4, 0.5) is 0 Å². The number of hydrogen-bond donors (Lipinski definition) is 0. The highest BCUT2D eigenvalue weighted by atomic mass is 35.5. The minimum atomic E-state index is 0.466. The van der Waals surface area contributed by atoms with Gasteiger partial charge in [-0.2, -0.15) is 0 Å². The quantitative estimate of drug-likeness (QED) is 0.774. The van der Waals surface area contributed by atoms with Crippen molar-refractivity contribution in [3.05, 3.63) is 33.8 Å². The fraction of sp³-hybridized carbons (Fsp3) is 0.400. The summed E-state index contributed by atoms with van der Waals surface area (Å²) in [7, 11) is 0. The van der Waals surface area contributed by atoms with Crippen LogP contribution in [-0.4, -0.2) is 14.5 Å². The number of nitrogens with zero attached hydrogens (tertiary/aromatic N) is 3. The van der Waals surface area contributed by atoms with Gasteiger partial charge < -0.3 is 4.57 Å². The predicted molar refractivity (Wildman–Crippen MR) is 62.5 cm³/mol. The summed E-state index contributed by atoms with van der Waals surface area (Å²) >= 11 is 7.43. The molecule has 15 heavy (non-hydrogen) atoms. The molecule has 2 aromatic heterocycles. The molecule has 2 rings (SSSR count). The van der Waals surface area contributed by atoms with E-state index in [1.165, 1.54) is 4.88 Å². The Balaban J connectivity index is 2.17. The van der Waals surface area contributed by atoms with Gasteiger partial charge in [-0.05, 0) is 13.8 Å². The molecule has 0 aromatic carbocycles. The average Bonchev–Trinajstić information content (AvgIpc) is 2.75. The highest BCUT2D eigenvalue weighted by molar-refractivity contribution is 7.11. The summed E-state index contributed by atoms with van der Waals surface area (Å²) in [4.78, 5) is 9.86. The van der Waals surface area contributed by atoms with Gasteiger partial charge in [0.2, 0.25) is 0 Å². The topological polar surface area (TPSA) is 30.7 Å². The van der Waals surface area contributed by atoms with Crippen LogP contribution in [0.25, 0.3) is 0 Å². The number of aryl methyl sites for hydroxylation is 2. The van der Waals surface area contributed by atoms with Crippen molar-refractivity contribution in [2.24, 2.45) is 0 Å². The highest BCUT2D eigenvalue weighted by Gasteiger charge is 2.05. The first-order valence-corrected chi connectivity index (χ1v) is 6.03. The number of rotatable bonds is 3. The molecule has 2 heterocycles. The minimum absolute atomic E-state index is 0.466. The molecule has 0 atom stereocenters. The SMILES string of the molecule is Cc1nc(C)c(Cn2cnc(CCl)c2)s1. The average molecular weight is 242 g/mol. The van der Waals surface area contributed by atoms with E-state index in [1.807, 2.05) is 30.9 Å². The van der Waals surface area contributed by atoms with Crippen molar-refractivity contribution in [1.82, 2.24) is 14.5 Å². The van der Waals surface area contributed by atoms with Gasteiger partial charge in [0.05, 0.1) is 35.1 Å². The maximum absolute atomic E-state index is 5.69. The number of alkyl halides is 1. The molecule has 0 N–H and O–H groups in total. The van der Waals surface area contributed by atoms with E-state index in [4.69, 9.17) is 11.6 Å². The van der Waals surface area contributed by atoms with Crippen LogP contribution < -0.4 is 0 Å². The molecule has 0 spiro atoms. The molecule has 0 radical (unpaired) electrons. The van der Waals surface area contributed by atoms with E-state index >= 15 is 0 Å². The third-order valence-electron chi connectivity index (χ3n) is 2.15. The fourth-order valence-corrected chi connectivity index (χ4v) is 2.53. The van der Waals surface area contributed by atoms with Crippen LogP contribution in [0.5, 0.6) is 0 Å². The van der Waals surface area contributed by atoms with Crippen molar-refractivity contribution in [1.29, 1.82) is 0 Å². The van der Waals surface area contributed by atoms with Gasteiger partial charge in [-0.15, -0.1) is 22.9 Å². The van der Waals surface area contributed by atoms with E-state index < -0.39 is 0 Å². The monoisotopic (exact) mass is 241 g/mol. The van der Waals surface area contributed by atoms with Crippen molar-refractivity contribution in [3.8, 4) is 0 Å². The third-order valence-corrected chi connectivity index (χ3v) is 3.48. The Hall–Kier alpha value is -0.870. The number of hydrogen-bond acceptors (Lipinski definition) is 3. The Morgan fingerprint density at radius 3 is 2.80 bits per heavy atom. The molecule has 0 aliphatic rings. The Morgan fingerprint density at radius 1 is 1.47 bits per heavy atom. The molecule has 0 unspecified atom stereocenters. The molecule has 0 aliphatic heterocycles. The van der Waals surface area contributed by atoms with Crippen molar-refractivity contribution < 1.29 is 0 Å². The lowest BCUT2D eigenvalue weighted by atomic mass is 10.4. The maximum atomic E-state index is 5.69. The molecule has 0 bridgehead atoms. The zero-order valence-electron chi connectivity index (χ0n) is 8.70. The summed E-state index contributed by atoms with van der Waals surface area (Å²) < 4.78 is 2.04. The predicted octanol–water partition coefficient (Wildman–Crippen LogP) is 2.74. The molecule has 0 fully saturated rings. The lowest BCUT2D eigenvalue weighted by molar-refractivity contribution is 0.801. The first kappa shape index (κ1) is 10.6. The highest BCUT2D eigenvalue weighted by Crippen LogP contribution is 2.18. The van der Waals surface area contributed by atoms with E-state index in [2.05, 4.69) is 9.97 Å². The summed E-state index contributed by atoms with van der Waals surface area (Å²) in [6.07, 6.45) is 3.79. The Bertz CT molecular complexity index is 461. The van der Waals surface area contributed by atoms with Crippen molar-refractivity contribution in [2.45, 2.75) is 26.3 Å². The molecule has 5 heteroatoms. The largest absolute Gasteiger partial charge is 0.332 e. The van der Waals surface area contributed by atoms with Gasteiger partial charge in [0.25, 0.3) is 0 Å². The van der Waals surface area contributed by atoms with Gasteiger partial charge in [0, 0.05) is 11.1 Å². The molecular formula is C10H12ClN3S. The van der Waals surface area contributed by atoms with E-state index in [0.717, 1.165) is 22.9 Å². The van der Waals surface area contributed by atoms with Gasteiger partial charge >= 0.3 is 0 Å². The molecule has 0 saturated heterocycles. The minimum Gasteiger partial charge on any atom is -0.332 e. The van der Waals surface area contributed by atoms with Crippen molar-refractivity contribution in [2.75, 3.05) is 0 Å². The molecule has 2 aromatic rings. The zero-order chi connectivity index (χ0) is 10.8. The van der Waals surface area contributed by atoms with Crippen LogP contribution in [0.3, 0.4) is 0 Å².